The molecule has 0 fully saturated rings. The van der Waals surface area contributed by atoms with Gasteiger partial charge in [-0.2, -0.15) is 0 Å². The molecule has 11 heteroatoms. The van der Waals surface area contributed by atoms with Crippen LogP contribution in [0.15, 0.2) is 41.5 Å². The second-order valence-corrected chi connectivity index (χ2v) is 8.45. The second-order valence-electron chi connectivity index (χ2n) is 6.45. The van der Waals surface area contributed by atoms with Crippen LogP contribution in [0, 0.1) is 11.6 Å². The van der Waals surface area contributed by atoms with E-state index in [0.717, 1.165) is 16.4 Å². The molecule has 148 valence electrons. The van der Waals surface area contributed by atoms with Crippen molar-refractivity contribution in [3.63, 3.8) is 0 Å². The van der Waals surface area contributed by atoms with Crippen LogP contribution in [0.3, 0.4) is 0 Å². The van der Waals surface area contributed by atoms with Crippen molar-refractivity contribution >= 4 is 27.6 Å². The number of aliphatic imine (C=N–C) groups is 1. The summed E-state index contributed by atoms with van der Waals surface area (Å²) < 4.78 is 53.6. The van der Waals surface area contributed by atoms with Gasteiger partial charge < -0.3 is 11.1 Å². The highest BCUT2D eigenvalue weighted by molar-refractivity contribution is 7.89. The number of nitrogens with one attached hydrogen (secondary N) is 1. The highest BCUT2D eigenvalue weighted by Gasteiger charge is 2.41. The molecule has 1 aliphatic heterocycles. The fourth-order valence-corrected chi connectivity index (χ4v) is 4.30. The van der Waals surface area contributed by atoms with Crippen molar-refractivity contribution in [2.45, 2.75) is 12.5 Å². The molecule has 0 unspecified atom stereocenters. The number of hydrogen-bond acceptors (Lipinski definition) is 6. The highest BCUT2D eigenvalue weighted by Crippen LogP contribution is 2.34. The Morgan fingerprint density at radius 3 is 2.64 bits per heavy atom. The molecule has 1 aromatic heterocycles. The van der Waals surface area contributed by atoms with E-state index in [4.69, 9.17) is 5.73 Å². The molecule has 0 saturated carbocycles. The minimum Gasteiger partial charge on any atom is -0.369 e. The molecule has 3 rings (SSSR count). The molecule has 0 radical (unpaired) electrons. The Morgan fingerprint density at radius 1 is 1.29 bits per heavy atom. The number of halogens is 2. The van der Waals surface area contributed by atoms with E-state index < -0.39 is 44.6 Å². The first kappa shape index (κ1) is 19.7. The van der Waals surface area contributed by atoms with E-state index in [0.29, 0.717) is 0 Å². The Kier molecular flexibility index (Phi) is 4.79. The SMILES string of the molecule is CN1C(N)=N[C@](C)(c2cc(NC(=O)c3ncccc3F)ccc2F)CS1(=O)=O. The summed E-state index contributed by atoms with van der Waals surface area (Å²) in [5.74, 6) is -3.16. The third-order valence-electron chi connectivity index (χ3n) is 4.34. The summed E-state index contributed by atoms with van der Waals surface area (Å²) in [6, 6.07) is 5.98. The van der Waals surface area contributed by atoms with Gasteiger partial charge in [0.15, 0.2) is 11.5 Å². The zero-order valence-electron chi connectivity index (χ0n) is 15.0. The number of aromatic nitrogens is 1. The van der Waals surface area contributed by atoms with Gasteiger partial charge in [-0.15, -0.1) is 0 Å². The lowest BCUT2D eigenvalue weighted by atomic mass is 9.93. The lowest BCUT2D eigenvalue weighted by Crippen LogP contribution is -2.50. The van der Waals surface area contributed by atoms with Gasteiger partial charge in [0.05, 0.1) is 5.75 Å². The second kappa shape index (κ2) is 6.82. The number of nitrogens with two attached hydrogens (primary N) is 1. The van der Waals surface area contributed by atoms with Gasteiger partial charge in [-0.1, -0.05) is 0 Å². The van der Waals surface area contributed by atoms with Crippen LogP contribution in [0.5, 0.6) is 0 Å². The number of pyridine rings is 1. The van der Waals surface area contributed by atoms with Crippen LogP contribution in [-0.4, -0.2) is 42.4 Å². The van der Waals surface area contributed by atoms with E-state index in [1.165, 1.54) is 38.4 Å². The van der Waals surface area contributed by atoms with E-state index in [2.05, 4.69) is 15.3 Å². The van der Waals surface area contributed by atoms with Gasteiger partial charge in [-0.05, 0) is 37.3 Å². The van der Waals surface area contributed by atoms with Crippen molar-refractivity contribution in [2.24, 2.45) is 10.7 Å². The van der Waals surface area contributed by atoms with Gasteiger partial charge in [-0.3, -0.25) is 4.79 Å². The fourth-order valence-electron chi connectivity index (χ4n) is 2.85. The number of sulfonamides is 1. The number of anilines is 1. The minimum absolute atomic E-state index is 0.0774. The molecular formula is C17H17F2N5O3S. The molecule has 1 aromatic carbocycles. The quantitative estimate of drug-likeness (QED) is 0.795. The summed E-state index contributed by atoms with van der Waals surface area (Å²) in [6.45, 7) is 1.42. The van der Waals surface area contributed by atoms with Crippen LogP contribution in [0.2, 0.25) is 0 Å². The van der Waals surface area contributed by atoms with Crippen LogP contribution in [0.1, 0.15) is 23.0 Å². The number of benzene rings is 1. The van der Waals surface area contributed by atoms with Crippen LogP contribution < -0.4 is 11.1 Å². The van der Waals surface area contributed by atoms with Crippen molar-refractivity contribution in [1.29, 1.82) is 0 Å². The average molecular weight is 409 g/mol. The molecular weight excluding hydrogens is 392 g/mol. The number of nitrogens with zero attached hydrogens (tertiary/aromatic N) is 3. The molecule has 0 spiro atoms. The van der Waals surface area contributed by atoms with Crippen LogP contribution >= 0.6 is 0 Å². The maximum Gasteiger partial charge on any atom is 0.277 e. The first-order valence-electron chi connectivity index (χ1n) is 8.07. The largest absolute Gasteiger partial charge is 0.369 e. The Hall–Kier alpha value is -3.08. The number of hydrogen-bond donors (Lipinski definition) is 2. The number of rotatable bonds is 3. The topological polar surface area (TPSA) is 118 Å². The van der Waals surface area contributed by atoms with Crippen molar-refractivity contribution < 1.29 is 22.0 Å². The molecule has 1 aliphatic rings. The Balaban J connectivity index is 1.99. The van der Waals surface area contributed by atoms with Gasteiger partial charge in [0, 0.05) is 24.5 Å². The average Bonchev–Trinajstić information content (AvgIpc) is 2.61. The lowest BCUT2D eigenvalue weighted by molar-refractivity contribution is 0.101. The number of carbonyl (C=O) groups is 1. The first-order chi connectivity index (χ1) is 13.0. The fraction of sp³-hybridized carbons (Fsp3) is 0.235. The maximum atomic E-state index is 14.5. The van der Waals surface area contributed by atoms with Gasteiger partial charge in [0.25, 0.3) is 5.91 Å². The Bertz CT molecular complexity index is 1090. The smallest absolute Gasteiger partial charge is 0.277 e. The van der Waals surface area contributed by atoms with E-state index >= 15 is 0 Å². The molecule has 2 heterocycles. The zero-order chi connectivity index (χ0) is 20.7. The normalized spacial score (nSPS) is 21.1. The molecule has 1 atom stereocenters. The van der Waals surface area contributed by atoms with Crippen LogP contribution in [0.25, 0.3) is 0 Å². The standard InChI is InChI=1S/C17H17F2N5O3S/c1-17(9-28(26,27)24(2)16(20)23-17)11-8-10(5-6-12(11)18)22-15(25)14-13(19)4-3-7-21-14/h3-8H,9H2,1-2H3,(H2,20,23)(H,22,25)/t17-/m0/s1. The van der Waals surface area contributed by atoms with Gasteiger partial charge >= 0.3 is 0 Å². The highest BCUT2D eigenvalue weighted by atomic mass is 32.2. The minimum atomic E-state index is -3.80. The maximum absolute atomic E-state index is 14.5. The summed E-state index contributed by atoms with van der Waals surface area (Å²) in [5, 5.41) is 2.42. The summed E-state index contributed by atoms with van der Waals surface area (Å²) in [6.07, 6.45) is 1.26. The number of guanidine groups is 1. The van der Waals surface area contributed by atoms with Crippen molar-refractivity contribution in [1.82, 2.24) is 9.29 Å². The predicted octanol–water partition coefficient (Wildman–Crippen LogP) is 1.42. The predicted molar refractivity (Wildman–Crippen MR) is 99.1 cm³/mol. The van der Waals surface area contributed by atoms with Gasteiger partial charge in [-0.25, -0.2) is 31.5 Å². The molecule has 28 heavy (non-hydrogen) atoms. The summed E-state index contributed by atoms with van der Waals surface area (Å²) >= 11 is 0. The third-order valence-corrected chi connectivity index (χ3v) is 6.29. The summed E-state index contributed by atoms with van der Waals surface area (Å²) in [4.78, 5) is 20.0. The summed E-state index contributed by atoms with van der Waals surface area (Å²) in [7, 11) is -2.55. The van der Waals surface area contributed by atoms with Crippen LogP contribution in [-0.2, 0) is 15.6 Å². The number of carbonyl (C=O) groups excluding carboxylic acids is 1. The van der Waals surface area contributed by atoms with E-state index in [1.54, 1.807) is 0 Å². The monoisotopic (exact) mass is 409 g/mol. The van der Waals surface area contributed by atoms with Gasteiger partial charge in [0.1, 0.15) is 11.4 Å². The summed E-state index contributed by atoms with van der Waals surface area (Å²) in [5.41, 5.74) is 3.80. The van der Waals surface area contributed by atoms with Crippen molar-refractivity contribution in [2.75, 3.05) is 18.1 Å². The zero-order valence-corrected chi connectivity index (χ0v) is 15.8. The van der Waals surface area contributed by atoms with E-state index in [-0.39, 0.29) is 17.2 Å². The Morgan fingerprint density at radius 2 is 2.00 bits per heavy atom. The molecule has 0 aliphatic carbocycles. The Labute approximate surface area is 160 Å². The lowest BCUT2D eigenvalue weighted by Gasteiger charge is -2.34. The van der Waals surface area contributed by atoms with E-state index in [1.807, 2.05) is 0 Å². The number of amides is 1. The molecule has 0 saturated heterocycles. The molecule has 2 aromatic rings. The molecule has 1 amide bonds. The molecule has 0 bridgehead atoms. The third kappa shape index (κ3) is 3.52. The van der Waals surface area contributed by atoms with Crippen molar-refractivity contribution in [3.05, 3.63) is 59.4 Å². The van der Waals surface area contributed by atoms with E-state index in [9.17, 15) is 22.0 Å². The molecule has 3 N–H and O–H groups in total. The first-order valence-corrected chi connectivity index (χ1v) is 9.68. The van der Waals surface area contributed by atoms with Crippen LogP contribution in [0.4, 0.5) is 14.5 Å². The van der Waals surface area contributed by atoms with Gasteiger partial charge in [0.2, 0.25) is 16.0 Å². The molecule has 8 nitrogen and oxygen atoms in total. The van der Waals surface area contributed by atoms with Crippen molar-refractivity contribution in [3.8, 4) is 0 Å².